The third-order valence-corrected chi connectivity index (χ3v) is 4.91. The molecule has 2 rings (SSSR count). The maximum Gasteiger partial charge on any atom is 0.261 e. The van der Waals surface area contributed by atoms with Crippen molar-refractivity contribution in [2.75, 3.05) is 13.2 Å². The lowest BCUT2D eigenvalue weighted by Gasteiger charge is -2.22. The number of hydrogen-bond acceptors (Lipinski definition) is 4. The first kappa shape index (κ1) is 22.6. The third-order valence-electron chi connectivity index (χ3n) is 4.91. The molecule has 0 heterocycles. The summed E-state index contributed by atoms with van der Waals surface area (Å²) in [5.41, 5.74) is 3.15. The van der Waals surface area contributed by atoms with Crippen LogP contribution in [-0.2, 0) is 4.79 Å². The Kier molecular flexibility index (Phi) is 8.37. The monoisotopic (exact) mass is 399 g/mol. The first-order chi connectivity index (χ1) is 13.9. The van der Waals surface area contributed by atoms with Crippen LogP contribution < -0.4 is 19.5 Å². The van der Waals surface area contributed by atoms with Gasteiger partial charge < -0.3 is 19.5 Å². The second kappa shape index (κ2) is 10.7. The minimum Gasteiger partial charge on any atom is -0.490 e. The van der Waals surface area contributed by atoms with Gasteiger partial charge in [-0.1, -0.05) is 25.1 Å². The normalized spacial score (nSPS) is 12.8. The molecule has 0 bridgehead atoms. The van der Waals surface area contributed by atoms with Crippen molar-refractivity contribution >= 4 is 5.91 Å². The molecule has 2 aromatic carbocycles. The minimum atomic E-state index is -0.549. The van der Waals surface area contributed by atoms with Crippen LogP contribution in [0.5, 0.6) is 17.2 Å². The van der Waals surface area contributed by atoms with E-state index in [-0.39, 0.29) is 11.9 Å². The third kappa shape index (κ3) is 5.89. The Balaban J connectivity index is 2.11. The van der Waals surface area contributed by atoms with E-state index >= 15 is 0 Å². The highest BCUT2D eigenvalue weighted by Crippen LogP contribution is 2.31. The molecule has 29 heavy (non-hydrogen) atoms. The molecule has 1 amide bonds. The van der Waals surface area contributed by atoms with Gasteiger partial charge in [-0.25, -0.2) is 0 Å². The van der Waals surface area contributed by atoms with Gasteiger partial charge in [-0.2, -0.15) is 0 Å². The Labute approximate surface area is 174 Å². The summed E-state index contributed by atoms with van der Waals surface area (Å²) < 4.78 is 17.3. The zero-order chi connectivity index (χ0) is 21.4. The first-order valence-electron chi connectivity index (χ1n) is 10.3. The number of rotatable bonds is 10. The van der Waals surface area contributed by atoms with Crippen molar-refractivity contribution < 1.29 is 19.0 Å². The fourth-order valence-corrected chi connectivity index (χ4v) is 3.05. The van der Waals surface area contributed by atoms with E-state index in [4.69, 9.17) is 14.2 Å². The van der Waals surface area contributed by atoms with Crippen LogP contribution in [0.1, 0.15) is 56.8 Å². The number of carbonyl (C=O) groups is 1. The molecule has 0 radical (unpaired) electrons. The fraction of sp³-hybridized carbons (Fsp3) is 0.458. The van der Waals surface area contributed by atoms with Crippen LogP contribution in [0.3, 0.4) is 0 Å². The smallest absolute Gasteiger partial charge is 0.261 e. The quantitative estimate of drug-likeness (QED) is 0.601. The maximum absolute atomic E-state index is 12.8. The number of amides is 1. The van der Waals surface area contributed by atoms with Crippen molar-refractivity contribution in [2.24, 2.45) is 0 Å². The summed E-state index contributed by atoms with van der Waals surface area (Å²) in [5.74, 6) is 2.01. The zero-order valence-electron chi connectivity index (χ0n) is 18.4. The molecule has 5 nitrogen and oxygen atoms in total. The summed E-state index contributed by atoms with van der Waals surface area (Å²) in [6, 6.07) is 11.5. The summed E-state index contributed by atoms with van der Waals surface area (Å²) in [5, 5.41) is 3.06. The van der Waals surface area contributed by atoms with Crippen LogP contribution in [0, 0.1) is 13.8 Å². The molecule has 0 saturated heterocycles. The van der Waals surface area contributed by atoms with Crippen molar-refractivity contribution in [2.45, 2.75) is 60.1 Å². The summed E-state index contributed by atoms with van der Waals surface area (Å²) in [6.07, 6.45) is 0.0337. The molecule has 0 saturated carbocycles. The van der Waals surface area contributed by atoms with Crippen molar-refractivity contribution in [1.29, 1.82) is 0 Å². The van der Waals surface area contributed by atoms with Crippen LogP contribution in [0.25, 0.3) is 0 Å². The standard InChI is InChI=1S/C24H33NO4/c1-7-20(29-21-12-10-11-16(4)17(21)5)24(26)25-18(6)19-13-14-22(27-8-2)23(15-19)28-9-3/h10-15,18,20H,7-9H2,1-6H3,(H,25,26)/t18-,20-/m1/s1. The second-order valence-electron chi connectivity index (χ2n) is 7.02. The molecule has 0 aliphatic heterocycles. The van der Waals surface area contributed by atoms with Crippen LogP contribution in [0.2, 0.25) is 0 Å². The van der Waals surface area contributed by atoms with Crippen molar-refractivity contribution in [3.63, 3.8) is 0 Å². The lowest BCUT2D eigenvalue weighted by Crippen LogP contribution is -2.39. The van der Waals surface area contributed by atoms with Gasteiger partial charge in [-0.3, -0.25) is 4.79 Å². The molecule has 0 aliphatic carbocycles. The van der Waals surface area contributed by atoms with Gasteiger partial charge in [0.1, 0.15) is 5.75 Å². The predicted molar refractivity (Wildman–Crippen MR) is 116 cm³/mol. The molecule has 5 heteroatoms. The molecule has 158 valence electrons. The topological polar surface area (TPSA) is 56.8 Å². The van der Waals surface area contributed by atoms with E-state index in [2.05, 4.69) is 5.32 Å². The van der Waals surface area contributed by atoms with Crippen LogP contribution >= 0.6 is 0 Å². The van der Waals surface area contributed by atoms with Gasteiger partial charge in [0.15, 0.2) is 17.6 Å². The molecule has 0 aromatic heterocycles. The number of nitrogens with one attached hydrogen (secondary N) is 1. The summed E-state index contributed by atoms with van der Waals surface area (Å²) in [4.78, 5) is 12.8. The highest BCUT2D eigenvalue weighted by atomic mass is 16.5. The highest BCUT2D eigenvalue weighted by molar-refractivity contribution is 5.81. The molecule has 1 N–H and O–H groups in total. The zero-order valence-corrected chi connectivity index (χ0v) is 18.4. The van der Waals surface area contributed by atoms with Gasteiger partial charge in [-0.05, 0) is 75.9 Å². The molecule has 0 fully saturated rings. The first-order valence-corrected chi connectivity index (χ1v) is 10.3. The Morgan fingerprint density at radius 2 is 1.66 bits per heavy atom. The lowest BCUT2D eigenvalue weighted by atomic mass is 10.1. The number of carbonyl (C=O) groups excluding carboxylic acids is 1. The van der Waals surface area contributed by atoms with Crippen LogP contribution in [-0.4, -0.2) is 25.2 Å². The van der Waals surface area contributed by atoms with E-state index in [9.17, 15) is 4.79 Å². The van der Waals surface area contributed by atoms with Gasteiger partial charge in [0.2, 0.25) is 0 Å². The fourth-order valence-electron chi connectivity index (χ4n) is 3.05. The van der Waals surface area contributed by atoms with Crippen molar-refractivity contribution in [3.8, 4) is 17.2 Å². The van der Waals surface area contributed by atoms with E-state index in [1.54, 1.807) is 0 Å². The van der Waals surface area contributed by atoms with Gasteiger partial charge >= 0.3 is 0 Å². The Hall–Kier alpha value is -2.69. The van der Waals surface area contributed by atoms with E-state index < -0.39 is 6.10 Å². The molecular weight excluding hydrogens is 366 g/mol. The maximum atomic E-state index is 12.8. The SMILES string of the molecule is CCOc1ccc([C@@H](C)NC(=O)[C@@H](CC)Oc2cccc(C)c2C)cc1OCC. The van der Waals surface area contributed by atoms with Crippen molar-refractivity contribution in [1.82, 2.24) is 5.32 Å². The summed E-state index contributed by atoms with van der Waals surface area (Å²) in [6.45, 7) is 12.9. The molecular formula is C24H33NO4. The Bertz CT molecular complexity index is 819. The summed E-state index contributed by atoms with van der Waals surface area (Å²) in [7, 11) is 0. The average molecular weight is 400 g/mol. The van der Waals surface area contributed by atoms with E-state index in [0.717, 1.165) is 22.4 Å². The second-order valence-corrected chi connectivity index (χ2v) is 7.02. The van der Waals surface area contributed by atoms with Gasteiger partial charge in [0.25, 0.3) is 5.91 Å². The van der Waals surface area contributed by atoms with Gasteiger partial charge in [-0.15, -0.1) is 0 Å². The Morgan fingerprint density at radius 1 is 0.966 bits per heavy atom. The van der Waals surface area contributed by atoms with E-state index in [1.807, 2.05) is 77.9 Å². The van der Waals surface area contributed by atoms with Crippen molar-refractivity contribution in [3.05, 3.63) is 53.1 Å². The molecule has 0 aliphatic rings. The van der Waals surface area contributed by atoms with Crippen LogP contribution in [0.15, 0.2) is 36.4 Å². The average Bonchev–Trinajstić information content (AvgIpc) is 2.70. The number of ether oxygens (including phenoxy) is 3. The molecule has 0 unspecified atom stereocenters. The van der Waals surface area contributed by atoms with Gasteiger partial charge in [0.05, 0.1) is 19.3 Å². The lowest BCUT2D eigenvalue weighted by molar-refractivity contribution is -0.128. The van der Waals surface area contributed by atoms with Gasteiger partial charge in [0, 0.05) is 0 Å². The predicted octanol–water partition coefficient (Wildman–Crippen LogP) is 5.14. The number of benzene rings is 2. The molecule has 2 aromatic rings. The summed E-state index contributed by atoms with van der Waals surface area (Å²) >= 11 is 0. The number of hydrogen-bond donors (Lipinski definition) is 1. The Morgan fingerprint density at radius 3 is 2.31 bits per heavy atom. The molecule has 2 atom stereocenters. The molecule has 0 spiro atoms. The van der Waals surface area contributed by atoms with E-state index in [0.29, 0.717) is 31.1 Å². The minimum absolute atomic E-state index is 0.132. The van der Waals surface area contributed by atoms with E-state index in [1.165, 1.54) is 0 Å². The largest absolute Gasteiger partial charge is 0.490 e. The highest BCUT2D eigenvalue weighted by Gasteiger charge is 2.22. The number of aryl methyl sites for hydroxylation is 1. The van der Waals surface area contributed by atoms with Crippen LogP contribution in [0.4, 0.5) is 0 Å².